The first-order valence-corrected chi connectivity index (χ1v) is 11.3. The number of ether oxygens (including phenoxy) is 1. The molecule has 1 aliphatic rings. The van der Waals surface area contributed by atoms with E-state index in [1.165, 1.54) is 17.7 Å². The van der Waals surface area contributed by atoms with Crippen molar-refractivity contribution in [3.8, 4) is 17.2 Å². The summed E-state index contributed by atoms with van der Waals surface area (Å²) in [5, 5.41) is 0. The summed E-state index contributed by atoms with van der Waals surface area (Å²) >= 11 is 0. The van der Waals surface area contributed by atoms with E-state index < -0.39 is 0 Å². The minimum atomic E-state index is -0.297. The van der Waals surface area contributed by atoms with Gasteiger partial charge in [-0.15, -0.1) is 0 Å². The standard InChI is InChI=1S/C28H25FN2O3/c1-18-25(30-28(34-18)21-7-5-8-23(16-21)33-2)17-26(32)31-15-14-19-6-3-4-9-24(19)27(31)20-10-12-22(29)13-11-20/h3-13,16,27H,14-15,17H2,1-2H3. The minimum absolute atomic E-state index is 0.0441. The zero-order valence-corrected chi connectivity index (χ0v) is 19.1. The third-order valence-electron chi connectivity index (χ3n) is 6.32. The first kappa shape index (κ1) is 21.9. The van der Waals surface area contributed by atoms with E-state index in [2.05, 4.69) is 11.1 Å². The van der Waals surface area contributed by atoms with Crippen molar-refractivity contribution in [1.82, 2.24) is 9.88 Å². The van der Waals surface area contributed by atoms with E-state index in [-0.39, 0.29) is 24.2 Å². The molecule has 0 saturated carbocycles. The molecule has 1 atom stereocenters. The number of aryl methyl sites for hydroxylation is 1. The van der Waals surface area contributed by atoms with Crippen LogP contribution in [-0.2, 0) is 17.6 Å². The molecule has 1 aromatic heterocycles. The molecule has 3 aromatic carbocycles. The summed E-state index contributed by atoms with van der Waals surface area (Å²) in [6.45, 7) is 2.40. The molecule has 4 aromatic rings. The van der Waals surface area contributed by atoms with Gasteiger partial charge in [0, 0.05) is 12.1 Å². The van der Waals surface area contributed by atoms with Gasteiger partial charge in [0.2, 0.25) is 11.8 Å². The number of benzene rings is 3. The maximum Gasteiger partial charge on any atom is 0.229 e. The first-order valence-electron chi connectivity index (χ1n) is 11.3. The van der Waals surface area contributed by atoms with E-state index in [1.807, 2.05) is 54.3 Å². The Balaban J connectivity index is 1.45. The summed E-state index contributed by atoms with van der Waals surface area (Å²) in [6.07, 6.45) is 0.894. The summed E-state index contributed by atoms with van der Waals surface area (Å²) in [6, 6.07) is 21.7. The minimum Gasteiger partial charge on any atom is -0.497 e. The third-order valence-corrected chi connectivity index (χ3v) is 6.32. The van der Waals surface area contributed by atoms with Gasteiger partial charge in [0.15, 0.2) is 0 Å². The highest BCUT2D eigenvalue weighted by Crippen LogP contribution is 2.36. The summed E-state index contributed by atoms with van der Waals surface area (Å²) in [4.78, 5) is 20.1. The van der Waals surface area contributed by atoms with Crippen LogP contribution in [0.5, 0.6) is 5.75 Å². The number of oxazole rings is 1. The second kappa shape index (κ2) is 9.14. The van der Waals surface area contributed by atoms with Gasteiger partial charge in [-0.1, -0.05) is 42.5 Å². The Hall–Kier alpha value is -3.93. The van der Waals surface area contributed by atoms with Gasteiger partial charge in [0.1, 0.15) is 17.3 Å². The van der Waals surface area contributed by atoms with Crippen molar-refractivity contribution < 1.29 is 18.3 Å². The second-order valence-electron chi connectivity index (χ2n) is 8.42. The van der Waals surface area contributed by atoms with Crippen LogP contribution in [0.1, 0.15) is 34.2 Å². The maximum absolute atomic E-state index is 13.6. The monoisotopic (exact) mass is 456 g/mol. The lowest BCUT2D eigenvalue weighted by Gasteiger charge is -2.38. The van der Waals surface area contributed by atoms with Crippen molar-refractivity contribution in [2.75, 3.05) is 13.7 Å². The fourth-order valence-electron chi connectivity index (χ4n) is 4.56. The highest BCUT2D eigenvalue weighted by Gasteiger charge is 2.32. The number of carbonyl (C=O) groups excluding carboxylic acids is 1. The molecule has 0 bridgehead atoms. The number of halogens is 1. The number of carbonyl (C=O) groups is 1. The second-order valence-corrected chi connectivity index (χ2v) is 8.42. The van der Waals surface area contributed by atoms with Crippen LogP contribution >= 0.6 is 0 Å². The topological polar surface area (TPSA) is 55.6 Å². The van der Waals surface area contributed by atoms with Gasteiger partial charge >= 0.3 is 0 Å². The normalized spacial score (nSPS) is 15.1. The quantitative estimate of drug-likeness (QED) is 0.397. The van der Waals surface area contributed by atoms with Gasteiger partial charge < -0.3 is 14.1 Å². The van der Waals surface area contributed by atoms with Gasteiger partial charge in [-0.2, -0.15) is 0 Å². The number of hydrogen-bond donors (Lipinski definition) is 0. The molecule has 5 nitrogen and oxygen atoms in total. The van der Waals surface area contributed by atoms with Crippen molar-refractivity contribution >= 4 is 5.91 Å². The lowest BCUT2D eigenvalue weighted by molar-refractivity contribution is -0.132. The molecule has 0 spiro atoms. The Bertz CT molecular complexity index is 1330. The SMILES string of the molecule is COc1cccc(-c2nc(CC(=O)N3CCc4ccccc4C3c3ccc(F)cc3)c(C)o2)c1. The fraction of sp³-hybridized carbons (Fsp3) is 0.214. The van der Waals surface area contributed by atoms with E-state index in [4.69, 9.17) is 9.15 Å². The lowest BCUT2D eigenvalue weighted by Crippen LogP contribution is -2.41. The summed E-state index contributed by atoms with van der Waals surface area (Å²) in [7, 11) is 1.61. The van der Waals surface area contributed by atoms with Gasteiger partial charge in [-0.05, 0) is 60.4 Å². The Morgan fingerprint density at radius 1 is 1.12 bits per heavy atom. The number of amides is 1. The molecule has 0 aliphatic carbocycles. The van der Waals surface area contributed by atoms with Crippen molar-refractivity contribution in [3.63, 3.8) is 0 Å². The van der Waals surface area contributed by atoms with E-state index in [9.17, 15) is 9.18 Å². The Kier molecular flexibility index (Phi) is 5.88. The molecular formula is C28H25FN2O3. The van der Waals surface area contributed by atoms with Crippen molar-refractivity contribution in [3.05, 3.63) is 107 Å². The van der Waals surface area contributed by atoms with Crippen LogP contribution < -0.4 is 4.74 Å². The third kappa shape index (κ3) is 4.19. The summed E-state index contributed by atoms with van der Waals surface area (Å²) in [5.41, 5.74) is 4.56. The molecule has 0 saturated heterocycles. The predicted molar refractivity (Wildman–Crippen MR) is 127 cm³/mol. The average molecular weight is 457 g/mol. The molecule has 34 heavy (non-hydrogen) atoms. The number of nitrogens with zero attached hydrogens (tertiary/aromatic N) is 2. The molecule has 5 rings (SSSR count). The molecule has 2 heterocycles. The Morgan fingerprint density at radius 2 is 1.91 bits per heavy atom. The first-order chi connectivity index (χ1) is 16.5. The van der Waals surface area contributed by atoms with Gasteiger partial charge in [0.05, 0.1) is 25.3 Å². The number of rotatable bonds is 5. The molecule has 6 heteroatoms. The smallest absolute Gasteiger partial charge is 0.229 e. The van der Waals surface area contributed by atoms with Crippen LogP contribution in [0, 0.1) is 12.7 Å². The van der Waals surface area contributed by atoms with Gasteiger partial charge in [-0.25, -0.2) is 9.37 Å². The van der Waals surface area contributed by atoms with E-state index in [0.29, 0.717) is 29.6 Å². The molecule has 0 N–H and O–H groups in total. The molecule has 1 unspecified atom stereocenters. The molecule has 0 fully saturated rings. The number of fused-ring (bicyclic) bond motifs is 1. The zero-order chi connectivity index (χ0) is 23.7. The van der Waals surface area contributed by atoms with Crippen LogP contribution in [0.2, 0.25) is 0 Å². The van der Waals surface area contributed by atoms with E-state index >= 15 is 0 Å². The predicted octanol–water partition coefficient (Wildman–Crippen LogP) is 5.51. The summed E-state index contributed by atoms with van der Waals surface area (Å²) < 4.78 is 24.8. The Morgan fingerprint density at radius 3 is 2.71 bits per heavy atom. The van der Waals surface area contributed by atoms with Crippen molar-refractivity contribution in [1.29, 1.82) is 0 Å². The molecule has 172 valence electrons. The van der Waals surface area contributed by atoms with Crippen molar-refractivity contribution in [2.24, 2.45) is 0 Å². The van der Waals surface area contributed by atoms with Crippen LogP contribution in [-0.4, -0.2) is 29.4 Å². The lowest BCUT2D eigenvalue weighted by atomic mass is 9.88. The highest BCUT2D eigenvalue weighted by atomic mass is 19.1. The number of methoxy groups -OCH3 is 1. The van der Waals surface area contributed by atoms with Crippen LogP contribution in [0.15, 0.2) is 77.2 Å². The van der Waals surface area contributed by atoms with Crippen LogP contribution in [0.3, 0.4) is 0 Å². The molecule has 0 radical (unpaired) electrons. The van der Waals surface area contributed by atoms with Crippen LogP contribution in [0.4, 0.5) is 4.39 Å². The van der Waals surface area contributed by atoms with E-state index in [1.54, 1.807) is 19.2 Å². The zero-order valence-electron chi connectivity index (χ0n) is 19.1. The Labute approximate surface area is 197 Å². The highest BCUT2D eigenvalue weighted by molar-refractivity contribution is 5.80. The number of aromatic nitrogens is 1. The van der Waals surface area contributed by atoms with E-state index in [0.717, 1.165) is 23.1 Å². The molecule has 1 aliphatic heterocycles. The summed E-state index contributed by atoms with van der Waals surface area (Å²) in [5.74, 6) is 1.44. The fourth-order valence-corrected chi connectivity index (χ4v) is 4.56. The van der Waals surface area contributed by atoms with Crippen molar-refractivity contribution in [2.45, 2.75) is 25.8 Å². The van der Waals surface area contributed by atoms with Gasteiger partial charge in [-0.3, -0.25) is 4.79 Å². The largest absolute Gasteiger partial charge is 0.497 e. The maximum atomic E-state index is 13.6. The average Bonchev–Trinajstić information content (AvgIpc) is 3.24. The van der Waals surface area contributed by atoms with Crippen LogP contribution in [0.25, 0.3) is 11.5 Å². The molecular weight excluding hydrogens is 431 g/mol. The van der Waals surface area contributed by atoms with Gasteiger partial charge in [0.25, 0.3) is 0 Å². The number of hydrogen-bond acceptors (Lipinski definition) is 4. The molecule has 1 amide bonds.